The van der Waals surface area contributed by atoms with E-state index < -0.39 is 30.2 Å². The van der Waals surface area contributed by atoms with Crippen LogP contribution in [0.4, 0.5) is 18.9 Å². The van der Waals surface area contributed by atoms with Crippen molar-refractivity contribution in [3.8, 4) is 5.82 Å². The van der Waals surface area contributed by atoms with Crippen LogP contribution in [0.3, 0.4) is 0 Å². The topological polar surface area (TPSA) is 86.1 Å². The maximum Gasteiger partial charge on any atom is 0.417 e. The molecular weight excluding hydrogens is 481 g/mol. The van der Waals surface area contributed by atoms with Gasteiger partial charge in [0.1, 0.15) is 5.56 Å². The SMILES string of the molecule is Cc1cc(NC(=O)COC(=O)c2cnn(-c3ccc(C(F)(F)F)cn3)c2C)ccc1Br. The average molecular weight is 497 g/mol. The number of ether oxygens (including phenoxy) is 1. The smallest absolute Gasteiger partial charge is 0.417 e. The van der Waals surface area contributed by atoms with Crippen molar-refractivity contribution in [1.29, 1.82) is 0 Å². The number of alkyl halides is 3. The Morgan fingerprint density at radius 3 is 2.52 bits per heavy atom. The summed E-state index contributed by atoms with van der Waals surface area (Å²) in [6.07, 6.45) is -2.62. The molecule has 162 valence electrons. The summed E-state index contributed by atoms with van der Waals surface area (Å²) in [5.74, 6) is -1.21. The van der Waals surface area contributed by atoms with Crippen molar-refractivity contribution >= 4 is 33.5 Å². The Bertz CT molecular complexity index is 1130. The molecule has 2 aromatic heterocycles. The number of nitrogens with zero attached hydrogens (tertiary/aromatic N) is 3. The van der Waals surface area contributed by atoms with E-state index in [-0.39, 0.29) is 11.4 Å². The van der Waals surface area contributed by atoms with Crippen LogP contribution in [0.25, 0.3) is 5.82 Å². The molecule has 0 fully saturated rings. The summed E-state index contributed by atoms with van der Waals surface area (Å²) >= 11 is 3.36. The third-order valence-corrected chi connectivity index (χ3v) is 5.19. The molecule has 0 aliphatic carbocycles. The van der Waals surface area contributed by atoms with E-state index in [1.54, 1.807) is 18.2 Å². The van der Waals surface area contributed by atoms with Gasteiger partial charge in [-0.25, -0.2) is 14.5 Å². The molecule has 1 aromatic carbocycles. The lowest BCUT2D eigenvalue weighted by atomic mass is 10.2. The Labute approximate surface area is 183 Å². The van der Waals surface area contributed by atoms with Gasteiger partial charge in [-0.15, -0.1) is 0 Å². The van der Waals surface area contributed by atoms with Gasteiger partial charge in [0.15, 0.2) is 12.4 Å². The molecule has 0 aliphatic heterocycles. The molecule has 0 radical (unpaired) electrons. The van der Waals surface area contributed by atoms with Crippen molar-refractivity contribution in [1.82, 2.24) is 14.8 Å². The second-order valence-electron chi connectivity index (χ2n) is 6.55. The van der Waals surface area contributed by atoms with Crippen molar-refractivity contribution in [3.63, 3.8) is 0 Å². The zero-order chi connectivity index (χ0) is 22.8. The summed E-state index contributed by atoms with van der Waals surface area (Å²) in [5, 5.41) is 6.60. The first-order valence-electron chi connectivity index (χ1n) is 8.87. The molecule has 0 bridgehead atoms. The van der Waals surface area contributed by atoms with Crippen molar-refractivity contribution in [2.24, 2.45) is 0 Å². The van der Waals surface area contributed by atoms with Crippen LogP contribution in [0.2, 0.25) is 0 Å². The number of aromatic nitrogens is 3. The molecule has 7 nitrogen and oxygen atoms in total. The molecule has 0 unspecified atom stereocenters. The first-order chi connectivity index (χ1) is 14.6. The zero-order valence-electron chi connectivity index (χ0n) is 16.3. The number of esters is 1. The molecule has 1 N–H and O–H groups in total. The van der Waals surface area contributed by atoms with Crippen LogP contribution in [0, 0.1) is 13.8 Å². The highest BCUT2D eigenvalue weighted by Crippen LogP contribution is 2.29. The Hall–Kier alpha value is -3.21. The normalized spacial score (nSPS) is 11.3. The van der Waals surface area contributed by atoms with Gasteiger partial charge in [-0.3, -0.25) is 4.79 Å². The summed E-state index contributed by atoms with van der Waals surface area (Å²) in [7, 11) is 0. The summed E-state index contributed by atoms with van der Waals surface area (Å²) < 4.78 is 45.2. The number of carbonyl (C=O) groups is 2. The predicted molar refractivity (Wildman–Crippen MR) is 109 cm³/mol. The van der Waals surface area contributed by atoms with E-state index in [9.17, 15) is 22.8 Å². The van der Waals surface area contributed by atoms with Gasteiger partial charge in [-0.2, -0.15) is 18.3 Å². The highest BCUT2D eigenvalue weighted by Gasteiger charge is 2.31. The largest absolute Gasteiger partial charge is 0.452 e. The molecular formula is C20H16BrF3N4O3. The minimum atomic E-state index is -4.50. The minimum Gasteiger partial charge on any atom is -0.452 e. The Kier molecular flexibility index (Phi) is 6.44. The van der Waals surface area contributed by atoms with Crippen molar-refractivity contribution in [3.05, 3.63) is 69.6 Å². The quantitative estimate of drug-likeness (QED) is 0.527. The van der Waals surface area contributed by atoms with Crippen molar-refractivity contribution in [2.75, 3.05) is 11.9 Å². The number of benzene rings is 1. The van der Waals surface area contributed by atoms with Gasteiger partial charge in [-0.05, 0) is 49.7 Å². The zero-order valence-corrected chi connectivity index (χ0v) is 17.9. The number of aryl methyl sites for hydroxylation is 1. The van der Waals surface area contributed by atoms with Gasteiger partial charge >= 0.3 is 12.1 Å². The Balaban J connectivity index is 1.64. The molecule has 0 saturated carbocycles. The number of anilines is 1. The van der Waals surface area contributed by atoms with Gasteiger partial charge in [0.2, 0.25) is 0 Å². The monoisotopic (exact) mass is 496 g/mol. The van der Waals surface area contributed by atoms with E-state index >= 15 is 0 Å². The summed E-state index contributed by atoms with van der Waals surface area (Å²) in [5.41, 5.74) is 0.955. The van der Waals surface area contributed by atoms with Crippen molar-refractivity contribution in [2.45, 2.75) is 20.0 Å². The number of nitrogens with one attached hydrogen (secondary N) is 1. The highest BCUT2D eigenvalue weighted by atomic mass is 79.9. The molecule has 3 aromatic rings. The van der Waals surface area contributed by atoms with E-state index in [2.05, 4.69) is 31.3 Å². The van der Waals surface area contributed by atoms with Gasteiger partial charge < -0.3 is 10.1 Å². The second kappa shape index (κ2) is 8.88. The van der Waals surface area contributed by atoms with Gasteiger partial charge in [0, 0.05) is 16.4 Å². The van der Waals surface area contributed by atoms with E-state index in [4.69, 9.17) is 4.74 Å². The van der Waals surface area contributed by atoms with Crippen LogP contribution in [-0.4, -0.2) is 33.2 Å². The minimum absolute atomic E-state index is 0.0639. The highest BCUT2D eigenvalue weighted by molar-refractivity contribution is 9.10. The summed E-state index contributed by atoms with van der Waals surface area (Å²) in [4.78, 5) is 28.1. The molecule has 0 atom stereocenters. The predicted octanol–water partition coefficient (Wildman–Crippen LogP) is 4.46. The fourth-order valence-corrected chi connectivity index (χ4v) is 2.89. The lowest BCUT2D eigenvalue weighted by Crippen LogP contribution is -2.21. The van der Waals surface area contributed by atoms with Crippen LogP contribution >= 0.6 is 15.9 Å². The van der Waals surface area contributed by atoms with Crippen LogP contribution in [0.5, 0.6) is 0 Å². The standard InChI is InChI=1S/C20H16BrF3N4O3/c1-11-7-14(4-5-16(11)21)27-18(29)10-31-19(30)15-9-26-28(12(15)2)17-6-3-13(8-25-17)20(22,23)24/h3-9H,10H2,1-2H3,(H,27,29). The first-order valence-corrected chi connectivity index (χ1v) is 9.67. The molecule has 0 saturated heterocycles. The Morgan fingerprint density at radius 2 is 1.90 bits per heavy atom. The molecule has 2 heterocycles. The fraction of sp³-hybridized carbons (Fsp3) is 0.200. The van der Waals surface area contributed by atoms with Crippen LogP contribution in [-0.2, 0) is 15.7 Å². The number of hydrogen-bond acceptors (Lipinski definition) is 5. The number of hydrogen-bond donors (Lipinski definition) is 1. The van der Waals surface area contributed by atoms with E-state index in [1.165, 1.54) is 17.8 Å². The van der Waals surface area contributed by atoms with Gasteiger partial charge in [0.25, 0.3) is 5.91 Å². The third kappa shape index (κ3) is 5.29. The van der Waals surface area contributed by atoms with E-state index in [0.717, 1.165) is 22.2 Å². The molecule has 11 heteroatoms. The van der Waals surface area contributed by atoms with E-state index in [1.807, 2.05) is 6.92 Å². The lowest BCUT2D eigenvalue weighted by Gasteiger charge is -2.09. The van der Waals surface area contributed by atoms with Crippen LogP contribution in [0.15, 0.2) is 47.2 Å². The van der Waals surface area contributed by atoms with E-state index in [0.29, 0.717) is 17.6 Å². The maximum absolute atomic E-state index is 12.7. The van der Waals surface area contributed by atoms with Crippen molar-refractivity contribution < 1.29 is 27.5 Å². The maximum atomic E-state index is 12.7. The number of rotatable bonds is 5. The number of amides is 1. The lowest BCUT2D eigenvalue weighted by molar-refractivity contribution is -0.137. The number of halogens is 4. The molecule has 0 spiro atoms. The second-order valence-corrected chi connectivity index (χ2v) is 7.40. The Morgan fingerprint density at radius 1 is 1.16 bits per heavy atom. The van der Waals surface area contributed by atoms with Gasteiger partial charge in [-0.1, -0.05) is 15.9 Å². The third-order valence-electron chi connectivity index (χ3n) is 4.30. The number of pyridine rings is 1. The summed E-state index contributed by atoms with van der Waals surface area (Å²) in [6.45, 7) is 2.89. The number of carbonyl (C=O) groups excluding carboxylic acids is 2. The molecule has 3 rings (SSSR count). The molecule has 1 amide bonds. The fourth-order valence-electron chi connectivity index (χ4n) is 2.65. The van der Waals surface area contributed by atoms with Crippen LogP contribution < -0.4 is 5.32 Å². The first kappa shape index (κ1) is 22.5. The average Bonchev–Trinajstić information content (AvgIpc) is 3.10. The summed E-state index contributed by atoms with van der Waals surface area (Å²) in [6, 6.07) is 7.25. The van der Waals surface area contributed by atoms with Crippen LogP contribution in [0.1, 0.15) is 27.2 Å². The van der Waals surface area contributed by atoms with Gasteiger partial charge in [0.05, 0.1) is 17.5 Å². The molecule has 0 aliphatic rings. The molecule has 31 heavy (non-hydrogen) atoms.